The van der Waals surface area contributed by atoms with Crippen LogP contribution < -0.4 is 24.4 Å². The Balaban J connectivity index is 1.45. The number of ether oxygens (including phenoxy) is 5. The normalized spacial score (nSPS) is 17.4. The summed E-state index contributed by atoms with van der Waals surface area (Å²) in [4.78, 5) is 27.1. The highest BCUT2D eigenvalue weighted by molar-refractivity contribution is 6.04. The van der Waals surface area contributed by atoms with E-state index in [4.69, 9.17) is 23.7 Å². The Labute approximate surface area is 253 Å². The number of carbonyl (C=O) groups excluding carboxylic acids is 1. The van der Waals surface area contributed by atoms with Gasteiger partial charge in [-0.2, -0.15) is 0 Å². The van der Waals surface area contributed by atoms with Crippen LogP contribution in [0.2, 0.25) is 0 Å². The number of aliphatic hydroxyl groups is 1. The van der Waals surface area contributed by atoms with Crippen molar-refractivity contribution in [2.45, 2.75) is 31.7 Å². The zero-order valence-corrected chi connectivity index (χ0v) is 25.3. The number of hydrogen-bond acceptors (Lipinski definition) is 8. The predicted molar refractivity (Wildman–Crippen MR) is 169 cm³/mol. The first kappa shape index (κ1) is 29.1. The van der Waals surface area contributed by atoms with Crippen molar-refractivity contribution in [3.8, 4) is 23.0 Å². The van der Waals surface area contributed by atoms with E-state index >= 15 is 0 Å². The van der Waals surface area contributed by atoms with Crippen molar-refractivity contribution in [2.75, 3.05) is 21.3 Å². The quantitative estimate of drug-likeness (QED) is 0.151. The monoisotopic (exact) mass is 595 g/mol. The third-order valence-corrected chi connectivity index (χ3v) is 8.22. The van der Waals surface area contributed by atoms with E-state index in [-0.39, 0.29) is 5.43 Å². The molecule has 1 aliphatic heterocycles. The number of fused-ring (bicyclic) bond motifs is 5. The molecule has 4 aromatic carbocycles. The summed E-state index contributed by atoms with van der Waals surface area (Å²) in [5.74, 6) is 1.08. The van der Waals surface area contributed by atoms with E-state index in [2.05, 4.69) is 0 Å². The fourth-order valence-corrected chi connectivity index (χ4v) is 6.04. The standard InChI is InChI=1S/C35H33NO8/c1-35(2)34(43-28(37)14-12-19-11-13-24(40-4)25(15-19)41-5)33(39)30-27(44-35)18-26(42-6)29-31(30)36(3)23-17-21-10-8-7-9-20(21)16-22(23)32(29)38/h7-18,33-34,39H,1-6H3/t33-,34-/m0/s1. The number of rotatable bonds is 6. The van der Waals surface area contributed by atoms with Crippen LogP contribution in [-0.4, -0.2) is 48.7 Å². The lowest BCUT2D eigenvalue weighted by Crippen LogP contribution is -2.51. The summed E-state index contributed by atoms with van der Waals surface area (Å²) >= 11 is 0. The summed E-state index contributed by atoms with van der Waals surface area (Å²) in [5, 5.41) is 14.6. The molecule has 226 valence electrons. The fraction of sp³-hybridized carbons (Fsp3) is 0.257. The maximum Gasteiger partial charge on any atom is 0.331 e. The second-order valence-corrected chi connectivity index (χ2v) is 11.3. The number of pyridine rings is 1. The molecule has 0 bridgehead atoms. The van der Waals surface area contributed by atoms with Gasteiger partial charge in [-0.3, -0.25) is 4.79 Å². The van der Waals surface area contributed by atoms with Crippen molar-refractivity contribution >= 4 is 44.6 Å². The van der Waals surface area contributed by atoms with E-state index in [1.165, 1.54) is 20.3 Å². The summed E-state index contributed by atoms with van der Waals surface area (Å²) in [6.07, 6.45) is 0.447. The minimum atomic E-state index is -1.32. The van der Waals surface area contributed by atoms with E-state index in [9.17, 15) is 14.7 Å². The molecule has 2 atom stereocenters. The van der Waals surface area contributed by atoms with Gasteiger partial charge in [0.05, 0.1) is 43.3 Å². The van der Waals surface area contributed by atoms with Crippen LogP contribution >= 0.6 is 0 Å². The number of aliphatic hydroxyl groups excluding tert-OH is 1. The number of carbonyl (C=O) groups is 1. The molecule has 0 saturated heterocycles. The van der Waals surface area contributed by atoms with Crippen molar-refractivity contribution in [3.63, 3.8) is 0 Å². The molecule has 0 unspecified atom stereocenters. The van der Waals surface area contributed by atoms with Crippen LogP contribution in [0.3, 0.4) is 0 Å². The van der Waals surface area contributed by atoms with E-state index in [1.54, 1.807) is 51.3 Å². The minimum absolute atomic E-state index is 0.234. The van der Waals surface area contributed by atoms with E-state index in [0.29, 0.717) is 55.9 Å². The SMILES string of the molecule is COc1ccc(C=CC(=O)O[C@H]2[C@@H](O)c3c(cc(OC)c4c(=O)c5cc6ccccc6cc5n(C)c34)OC2(C)C)cc1OC. The fourth-order valence-electron chi connectivity index (χ4n) is 6.04. The van der Waals surface area contributed by atoms with Gasteiger partial charge in [0.1, 0.15) is 23.2 Å². The topological polar surface area (TPSA) is 105 Å². The van der Waals surface area contributed by atoms with Crippen LogP contribution in [0, 0.1) is 0 Å². The average molecular weight is 596 g/mol. The molecular formula is C35H33NO8. The molecule has 1 aromatic heterocycles. The lowest BCUT2D eigenvalue weighted by Gasteiger charge is -2.42. The van der Waals surface area contributed by atoms with Crippen molar-refractivity contribution in [1.29, 1.82) is 0 Å². The number of esters is 1. The lowest BCUT2D eigenvalue weighted by molar-refractivity contribution is -0.171. The summed E-state index contributed by atoms with van der Waals surface area (Å²) in [6, 6.07) is 18.5. The van der Waals surface area contributed by atoms with Gasteiger partial charge in [-0.1, -0.05) is 30.3 Å². The summed E-state index contributed by atoms with van der Waals surface area (Å²) in [6.45, 7) is 3.47. The van der Waals surface area contributed by atoms with Crippen molar-refractivity contribution in [2.24, 2.45) is 7.05 Å². The van der Waals surface area contributed by atoms with Gasteiger partial charge in [0.25, 0.3) is 0 Å². The van der Waals surface area contributed by atoms with Gasteiger partial charge in [-0.25, -0.2) is 4.79 Å². The molecule has 0 radical (unpaired) electrons. The van der Waals surface area contributed by atoms with E-state index in [1.807, 2.05) is 48.0 Å². The summed E-state index contributed by atoms with van der Waals surface area (Å²) in [5.41, 5.74) is 0.803. The number of hydrogen-bond donors (Lipinski definition) is 1. The molecule has 5 aromatic rings. The first-order valence-electron chi connectivity index (χ1n) is 14.1. The first-order chi connectivity index (χ1) is 21.1. The van der Waals surface area contributed by atoms with Crippen LogP contribution in [0.4, 0.5) is 0 Å². The summed E-state index contributed by atoms with van der Waals surface area (Å²) in [7, 11) is 6.40. The van der Waals surface area contributed by atoms with Crippen molar-refractivity contribution < 1.29 is 33.6 Å². The molecule has 0 saturated carbocycles. The Morgan fingerprint density at radius 1 is 0.932 bits per heavy atom. The number of aryl methyl sites for hydroxylation is 1. The Bertz CT molecular complexity index is 2040. The van der Waals surface area contributed by atoms with E-state index < -0.39 is 23.8 Å². The predicted octanol–water partition coefficient (Wildman–Crippen LogP) is 5.70. The average Bonchev–Trinajstić information content (AvgIpc) is 3.02. The van der Waals surface area contributed by atoms with Gasteiger partial charge in [-0.15, -0.1) is 0 Å². The second kappa shape index (κ2) is 10.9. The zero-order valence-electron chi connectivity index (χ0n) is 25.3. The number of benzene rings is 4. The highest BCUT2D eigenvalue weighted by Crippen LogP contribution is 2.47. The Morgan fingerprint density at radius 3 is 2.30 bits per heavy atom. The number of nitrogens with zero attached hydrogens (tertiary/aromatic N) is 1. The van der Waals surface area contributed by atoms with E-state index in [0.717, 1.165) is 10.8 Å². The zero-order chi connectivity index (χ0) is 31.3. The third kappa shape index (κ3) is 4.69. The van der Waals surface area contributed by atoms with Crippen molar-refractivity contribution in [1.82, 2.24) is 4.57 Å². The molecule has 0 amide bonds. The molecule has 6 rings (SSSR count). The lowest BCUT2D eigenvalue weighted by atomic mass is 9.86. The van der Waals surface area contributed by atoms with Gasteiger partial charge in [0.15, 0.2) is 17.6 Å². The summed E-state index contributed by atoms with van der Waals surface area (Å²) < 4.78 is 30.4. The van der Waals surface area contributed by atoms with Gasteiger partial charge in [0.2, 0.25) is 5.43 Å². The third-order valence-electron chi connectivity index (χ3n) is 8.22. The van der Waals surface area contributed by atoms with Crippen LogP contribution in [0.25, 0.3) is 38.7 Å². The Morgan fingerprint density at radius 2 is 1.61 bits per heavy atom. The van der Waals surface area contributed by atoms with Crippen LogP contribution in [0.15, 0.2) is 71.5 Å². The van der Waals surface area contributed by atoms with Crippen LogP contribution in [0.1, 0.15) is 31.1 Å². The van der Waals surface area contributed by atoms with Crippen molar-refractivity contribution in [3.05, 3.63) is 88.1 Å². The first-order valence-corrected chi connectivity index (χ1v) is 14.1. The molecule has 0 spiro atoms. The van der Waals surface area contributed by atoms with Gasteiger partial charge < -0.3 is 33.4 Å². The number of methoxy groups -OCH3 is 3. The Kier molecular flexibility index (Phi) is 7.21. The highest BCUT2D eigenvalue weighted by Gasteiger charge is 2.47. The number of aromatic nitrogens is 1. The van der Waals surface area contributed by atoms with Gasteiger partial charge in [-0.05, 0) is 60.5 Å². The molecule has 1 N–H and O–H groups in total. The Hall–Kier alpha value is -5.02. The molecule has 9 nitrogen and oxygen atoms in total. The van der Waals surface area contributed by atoms with Crippen LogP contribution in [0.5, 0.6) is 23.0 Å². The molecule has 9 heteroatoms. The molecule has 0 fully saturated rings. The maximum absolute atomic E-state index is 14.0. The second-order valence-electron chi connectivity index (χ2n) is 11.3. The minimum Gasteiger partial charge on any atom is -0.496 e. The smallest absolute Gasteiger partial charge is 0.331 e. The van der Waals surface area contributed by atoms with Gasteiger partial charge >= 0.3 is 5.97 Å². The molecule has 44 heavy (non-hydrogen) atoms. The van der Waals surface area contributed by atoms with Gasteiger partial charge in [0, 0.05) is 24.6 Å². The molecule has 2 heterocycles. The van der Waals surface area contributed by atoms with Crippen LogP contribution in [-0.2, 0) is 16.6 Å². The molecular weight excluding hydrogens is 562 g/mol. The molecule has 1 aliphatic rings. The maximum atomic E-state index is 14.0. The highest BCUT2D eigenvalue weighted by atomic mass is 16.6. The largest absolute Gasteiger partial charge is 0.496 e. The molecule has 0 aliphatic carbocycles.